The molecule has 0 aliphatic carbocycles. The fourth-order valence-electron chi connectivity index (χ4n) is 1.61. The molecule has 2 aromatic rings. The maximum Gasteiger partial charge on any atom is 0.239 e. The first-order valence-corrected chi connectivity index (χ1v) is 5.42. The first-order valence-electron chi connectivity index (χ1n) is 5.42. The van der Waals surface area contributed by atoms with Crippen LogP contribution in [0.2, 0.25) is 0 Å². The summed E-state index contributed by atoms with van der Waals surface area (Å²) in [6.07, 6.45) is 0. The Balaban J connectivity index is 2.39. The third-order valence-electron chi connectivity index (χ3n) is 2.51. The van der Waals surface area contributed by atoms with Crippen molar-refractivity contribution in [2.75, 3.05) is 17.4 Å². The summed E-state index contributed by atoms with van der Waals surface area (Å²) in [7, 11) is 1.80. The highest BCUT2D eigenvalue weighted by atomic mass is 19.1. The number of hydrogen-bond donors (Lipinski definition) is 2. The van der Waals surface area contributed by atoms with E-state index in [0.29, 0.717) is 17.5 Å². The first-order chi connectivity index (χ1) is 8.60. The number of aromatic nitrogens is 2. The van der Waals surface area contributed by atoms with Gasteiger partial charge >= 0.3 is 0 Å². The van der Waals surface area contributed by atoms with Gasteiger partial charge in [0.1, 0.15) is 11.6 Å². The number of hydrazine groups is 1. The predicted molar refractivity (Wildman–Crippen MR) is 69.0 cm³/mol. The van der Waals surface area contributed by atoms with Gasteiger partial charge in [0, 0.05) is 24.5 Å². The van der Waals surface area contributed by atoms with Crippen LogP contribution in [0.5, 0.6) is 0 Å². The normalized spacial score (nSPS) is 10.2. The van der Waals surface area contributed by atoms with Gasteiger partial charge in [-0.3, -0.25) is 5.43 Å². The number of benzene rings is 1. The lowest BCUT2D eigenvalue weighted by Crippen LogP contribution is -2.16. The van der Waals surface area contributed by atoms with E-state index in [1.54, 1.807) is 30.1 Å². The van der Waals surface area contributed by atoms with Crippen LogP contribution in [0, 0.1) is 12.7 Å². The molecule has 18 heavy (non-hydrogen) atoms. The summed E-state index contributed by atoms with van der Waals surface area (Å²) >= 11 is 0. The van der Waals surface area contributed by atoms with Gasteiger partial charge in [-0.2, -0.15) is 4.98 Å². The molecule has 0 aliphatic heterocycles. The van der Waals surface area contributed by atoms with E-state index in [9.17, 15) is 4.39 Å². The molecule has 0 saturated carbocycles. The zero-order valence-electron chi connectivity index (χ0n) is 10.2. The molecule has 5 nitrogen and oxygen atoms in total. The second-order valence-corrected chi connectivity index (χ2v) is 3.87. The highest BCUT2D eigenvalue weighted by Crippen LogP contribution is 2.23. The molecule has 94 valence electrons. The Morgan fingerprint density at radius 2 is 2.06 bits per heavy atom. The molecule has 0 amide bonds. The van der Waals surface area contributed by atoms with E-state index in [2.05, 4.69) is 15.4 Å². The van der Waals surface area contributed by atoms with Crippen LogP contribution in [0.3, 0.4) is 0 Å². The molecule has 3 N–H and O–H groups in total. The summed E-state index contributed by atoms with van der Waals surface area (Å²) in [5, 5.41) is 0. The predicted octanol–water partition coefficient (Wildman–Crippen LogP) is 1.98. The van der Waals surface area contributed by atoms with Crippen molar-refractivity contribution in [2.24, 2.45) is 5.84 Å². The summed E-state index contributed by atoms with van der Waals surface area (Å²) in [6.45, 7) is 1.84. The summed E-state index contributed by atoms with van der Waals surface area (Å²) in [5.74, 6) is 5.97. The number of halogens is 1. The number of nitrogens with two attached hydrogens (primary N) is 1. The van der Waals surface area contributed by atoms with Gasteiger partial charge in [0.2, 0.25) is 5.95 Å². The summed E-state index contributed by atoms with van der Waals surface area (Å²) in [4.78, 5) is 10.1. The van der Waals surface area contributed by atoms with Crippen molar-refractivity contribution < 1.29 is 4.39 Å². The van der Waals surface area contributed by atoms with Crippen molar-refractivity contribution in [3.63, 3.8) is 0 Å². The van der Waals surface area contributed by atoms with Gasteiger partial charge in [-0.1, -0.05) is 6.07 Å². The van der Waals surface area contributed by atoms with Crippen molar-refractivity contribution in [3.05, 3.63) is 41.8 Å². The van der Waals surface area contributed by atoms with E-state index in [1.165, 1.54) is 12.1 Å². The van der Waals surface area contributed by atoms with E-state index in [1.807, 2.05) is 6.92 Å². The molecule has 1 aromatic carbocycles. The van der Waals surface area contributed by atoms with Crippen LogP contribution >= 0.6 is 0 Å². The Kier molecular flexibility index (Phi) is 3.38. The van der Waals surface area contributed by atoms with Gasteiger partial charge in [0.25, 0.3) is 0 Å². The van der Waals surface area contributed by atoms with E-state index >= 15 is 0 Å². The Morgan fingerprint density at radius 1 is 1.28 bits per heavy atom. The minimum Gasteiger partial charge on any atom is -0.329 e. The number of nitrogens with one attached hydrogen (secondary N) is 1. The second kappa shape index (κ2) is 4.97. The van der Waals surface area contributed by atoms with Crippen LogP contribution < -0.4 is 16.2 Å². The lowest BCUT2D eigenvalue weighted by atomic mass is 10.3. The fourth-order valence-corrected chi connectivity index (χ4v) is 1.61. The largest absolute Gasteiger partial charge is 0.329 e. The molecule has 0 radical (unpaired) electrons. The number of nitrogens with zero attached hydrogens (tertiary/aromatic N) is 3. The third kappa shape index (κ3) is 2.54. The molecule has 0 saturated heterocycles. The summed E-state index contributed by atoms with van der Waals surface area (Å²) < 4.78 is 13.2. The molecule has 2 rings (SSSR count). The molecule has 6 heteroatoms. The van der Waals surface area contributed by atoms with Crippen molar-refractivity contribution >= 4 is 17.5 Å². The van der Waals surface area contributed by atoms with E-state index in [4.69, 9.17) is 5.84 Å². The van der Waals surface area contributed by atoms with Crippen LogP contribution in [0.4, 0.5) is 21.8 Å². The zero-order valence-corrected chi connectivity index (χ0v) is 10.2. The average molecular weight is 247 g/mol. The molecular weight excluding hydrogens is 233 g/mol. The molecular formula is C12H14FN5. The zero-order chi connectivity index (χ0) is 13.1. The molecule has 0 fully saturated rings. The monoisotopic (exact) mass is 247 g/mol. The van der Waals surface area contributed by atoms with Crippen LogP contribution in [-0.2, 0) is 0 Å². The lowest BCUT2D eigenvalue weighted by molar-refractivity contribution is 0.628. The molecule has 0 atom stereocenters. The van der Waals surface area contributed by atoms with Gasteiger partial charge in [-0.15, -0.1) is 0 Å². The smallest absolute Gasteiger partial charge is 0.239 e. The average Bonchev–Trinajstić information content (AvgIpc) is 2.37. The van der Waals surface area contributed by atoms with Crippen molar-refractivity contribution in [1.82, 2.24) is 9.97 Å². The minimum atomic E-state index is -0.290. The van der Waals surface area contributed by atoms with Gasteiger partial charge < -0.3 is 4.90 Å². The molecule has 1 heterocycles. The minimum absolute atomic E-state index is 0.290. The van der Waals surface area contributed by atoms with Crippen LogP contribution in [0.25, 0.3) is 0 Å². The number of hydrogen-bond acceptors (Lipinski definition) is 5. The quantitative estimate of drug-likeness (QED) is 0.641. The Bertz CT molecular complexity index is 558. The summed E-state index contributed by atoms with van der Waals surface area (Å²) in [6, 6.07) is 8.08. The van der Waals surface area contributed by atoms with Gasteiger partial charge in [0.05, 0.1) is 0 Å². The SMILES string of the molecule is Cc1cc(N(C)c2cccc(F)c2)nc(NN)n1. The van der Waals surface area contributed by atoms with Gasteiger partial charge in [-0.25, -0.2) is 15.2 Å². The van der Waals surface area contributed by atoms with E-state index in [-0.39, 0.29) is 5.82 Å². The molecule has 0 aliphatic rings. The van der Waals surface area contributed by atoms with Crippen LogP contribution in [0.15, 0.2) is 30.3 Å². The third-order valence-corrected chi connectivity index (χ3v) is 2.51. The maximum absolute atomic E-state index is 13.2. The highest BCUT2D eigenvalue weighted by molar-refractivity contribution is 5.60. The molecule has 0 bridgehead atoms. The Hall–Kier alpha value is -2.21. The molecule has 1 aromatic heterocycles. The topological polar surface area (TPSA) is 67.1 Å². The number of anilines is 3. The number of nitrogen functional groups attached to an aromatic ring is 1. The number of rotatable bonds is 3. The van der Waals surface area contributed by atoms with E-state index in [0.717, 1.165) is 5.69 Å². The Labute approximate surface area is 104 Å². The molecule has 0 unspecified atom stereocenters. The van der Waals surface area contributed by atoms with Crippen LogP contribution in [-0.4, -0.2) is 17.0 Å². The second-order valence-electron chi connectivity index (χ2n) is 3.87. The van der Waals surface area contributed by atoms with Crippen molar-refractivity contribution in [3.8, 4) is 0 Å². The lowest BCUT2D eigenvalue weighted by Gasteiger charge is -2.19. The standard InChI is InChI=1S/C12H14FN5/c1-8-6-11(16-12(15-8)17-14)18(2)10-5-3-4-9(13)7-10/h3-7H,14H2,1-2H3,(H,15,16,17). The van der Waals surface area contributed by atoms with Gasteiger partial charge in [-0.05, 0) is 25.1 Å². The van der Waals surface area contributed by atoms with Gasteiger partial charge in [0.15, 0.2) is 0 Å². The maximum atomic E-state index is 13.2. The highest BCUT2D eigenvalue weighted by Gasteiger charge is 2.08. The van der Waals surface area contributed by atoms with Crippen molar-refractivity contribution in [2.45, 2.75) is 6.92 Å². The number of aryl methyl sites for hydroxylation is 1. The van der Waals surface area contributed by atoms with Crippen molar-refractivity contribution in [1.29, 1.82) is 0 Å². The van der Waals surface area contributed by atoms with Crippen LogP contribution in [0.1, 0.15) is 5.69 Å². The molecule has 0 spiro atoms. The first kappa shape index (κ1) is 12.3. The fraction of sp³-hybridized carbons (Fsp3) is 0.167. The Morgan fingerprint density at radius 3 is 2.72 bits per heavy atom. The van der Waals surface area contributed by atoms with E-state index < -0.39 is 0 Å². The summed E-state index contributed by atoms with van der Waals surface area (Å²) in [5.41, 5.74) is 3.88.